The maximum atomic E-state index is 13.7. The zero-order chi connectivity index (χ0) is 13.2. The lowest BCUT2D eigenvalue weighted by Crippen LogP contribution is -2.17. The van der Waals surface area contributed by atoms with E-state index in [0.717, 1.165) is 12.3 Å². The van der Waals surface area contributed by atoms with Gasteiger partial charge in [0.1, 0.15) is 10.7 Å². The molecule has 0 radical (unpaired) electrons. The minimum absolute atomic E-state index is 0.116. The summed E-state index contributed by atoms with van der Waals surface area (Å²) in [5.41, 5.74) is 0.316. The van der Waals surface area contributed by atoms with Gasteiger partial charge in [-0.05, 0) is 40.7 Å². The third-order valence-corrected chi connectivity index (χ3v) is 4.22. The van der Waals surface area contributed by atoms with Gasteiger partial charge < -0.3 is 10.4 Å². The minimum Gasteiger partial charge on any atom is -0.387 e. The van der Waals surface area contributed by atoms with E-state index in [1.54, 1.807) is 7.05 Å². The summed E-state index contributed by atoms with van der Waals surface area (Å²) >= 11 is 3.00. The van der Waals surface area contributed by atoms with Gasteiger partial charge in [0.15, 0.2) is 9.84 Å². The Morgan fingerprint density at radius 1 is 1.53 bits per heavy atom. The molecule has 1 atom stereocenters. The normalized spacial score (nSPS) is 13.7. The molecule has 1 unspecified atom stereocenters. The van der Waals surface area contributed by atoms with Crippen molar-refractivity contribution >= 4 is 25.8 Å². The third-order valence-electron chi connectivity index (χ3n) is 2.17. The lowest BCUT2D eigenvalue weighted by atomic mass is 10.1. The summed E-state index contributed by atoms with van der Waals surface area (Å²) in [5.74, 6) is -0.868. The van der Waals surface area contributed by atoms with Crippen LogP contribution in [0.4, 0.5) is 4.39 Å². The first kappa shape index (κ1) is 14.6. The number of nitrogens with one attached hydrogen (secondary N) is 1. The van der Waals surface area contributed by atoms with Crippen molar-refractivity contribution in [1.29, 1.82) is 0 Å². The second-order valence-electron chi connectivity index (χ2n) is 3.66. The van der Waals surface area contributed by atoms with Crippen LogP contribution in [0.5, 0.6) is 0 Å². The van der Waals surface area contributed by atoms with Gasteiger partial charge in [0, 0.05) is 17.3 Å². The SMILES string of the molecule is CNCC(O)c1cc(F)c(S(C)(=O)=O)c(Br)c1. The van der Waals surface area contributed by atoms with Crippen molar-refractivity contribution in [3.05, 3.63) is 28.0 Å². The Morgan fingerprint density at radius 3 is 2.53 bits per heavy atom. The molecule has 17 heavy (non-hydrogen) atoms. The molecule has 2 N–H and O–H groups in total. The van der Waals surface area contributed by atoms with Crippen molar-refractivity contribution in [1.82, 2.24) is 5.32 Å². The van der Waals surface area contributed by atoms with Crippen LogP contribution in [0.1, 0.15) is 11.7 Å². The molecule has 0 heterocycles. The zero-order valence-electron chi connectivity index (χ0n) is 9.37. The van der Waals surface area contributed by atoms with E-state index in [4.69, 9.17) is 0 Å². The predicted molar refractivity (Wildman–Crippen MR) is 66.1 cm³/mol. The van der Waals surface area contributed by atoms with Crippen LogP contribution >= 0.6 is 15.9 Å². The van der Waals surface area contributed by atoms with E-state index in [9.17, 15) is 17.9 Å². The molecule has 7 heteroatoms. The highest BCUT2D eigenvalue weighted by molar-refractivity contribution is 9.10. The maximum absolute atomic E-state index is 13.7. The van der Waals surface area contributed by atoms with Crippen LogP contribution < -0.4 is 5.32 Å². The highest BCUT2D eigenvalue weighted by Crippen LogP contribution is 2.28. The number of aliphatic hydroxyl groups is 1. The van der Waals surface area contributed by atoms with Crippen molar-refractivity contribution in [2.75, 3.05) is 19.8 Å². The van der Waals surface area contributed by atoms with Crippen LogP contribution in [0.3, 0.4) is 0 Å². The average Bonchev–Trinajstić information content (AvgIpc) is 2.14. The quantitative estimate of drug-likeness (QED) is 0.874. The number of hydrogen-bond acceptors (Lipinski definition) is 4. The van der Waals surface area contributed by atoms with Crippen molar-refractivity contribution in [3.8, 4) is 0 Å². The molecule has 0 aliphatic carbocycles. The minimum atomic E-state index is -3.64. The van der Waals surface area contributed by atoms with Gasteiger partial charge in [-0.3, -0.25) is 0 Å². The maximum Gasteiger partial charge on any atom is 0.179 e. The van der Waals surface area contributed by atoms with Gasteiger partial charge in [0.25, 0.3) is 0 Å². The molecule has 96 valence electrons. The molecule has 0 saturated carbocycles. The number of benzene rings is 1. The number of sulfone groups is 1. The number of halogens is 2. The second-order valence-corrected chi connectivity index (χ2v) is 6.47. The van der Waals surface area contributed by atoms with Crippen molar-refractivity contribution in [2.45, 2.75) is 11.0 Å². The topological polar surface area (TPSA) is 66.4 Å². The summed E-state index contributed by atoms with van der Waals surface area (Å²) in [7, 11) is -1.99. The van der Waals surface area contributed by atoms with Crippen molar-refractivity contribution < 1.29 is 17.9 Å². The molecule has 0 spiro atoms. The van der Waals surface area contributed by atoms with Gasteiger partial charge >= 0.3 is 0 Å². The lowest BCUT2D eigenvalue weighted by Gasteiger charge is -2.13. The van der Waals surface area contributed by atoms with E-state index in [1.807, 2.05) is 0 Å². The number of aliphatic hydroxyl groups excluding tert-OH is 1. The fraction of sp³-hybridized carbons (Fsp3) is 0.400. The Kier molecular flexibility index (Phi) is 4.65. The largest absolute Gasteiger partial charge is 0.387 e. The van der Waals surface area contributed by atoms with Gasteiger partial charge in [0.2, 0.25) is 0 Å². The highest BCUT2D eigenvalue weighted by atomic mass is 79.9. The molecule has 0 aliphatic rings. The van der Waals surface area contributed by atoms with Gasteiger partial charge in [-0.25, -0.2) is 12.8 Å². The molecule has 0 amide bonds. The van der Waals surface area contributed by atoms with E-state index in [1.165, 1.54) is 6.07 Å². The second kappa shape index (κ2) is 5.43. The van der Waals surface area contributed by atoms with Crippen LogP contribution in [0.15, 0.2) is 21.5 Å². The Morgan fingerprint density at radius 2 is 2.12 bits per heavy atom. The predicted octanol–water partition coefficient (Wildman–Crippen LogP) is 1.24. The van der Waals surface area contributed by atoms with Crippen LogP contribution in [0, 0.1) is 5.82 Å². The standard InChI is InChI=1S/C10H13BrFNO3S/c1-13-5-9(14)6-3-7(11)10(8(12)4-6)17(2,15)16/h3-4,9,13-14H,5H2,1-2H3. The third kappa shape index (κ3) is 3.48. The van der Waals surface area contributed by atoms with Gasteiger partial charge in [-0.15, -0.1) is 0 Å². The summed E-state index contributed by atoms with van der Waals surface area (Å²) in [6.45, 7) is 0.254. The van der Waals surface area contributed by atoms with E-state index in [0.29, 0.717) is 5.56 Å². The summed E-state index contributed by atoms with van der Waals surface area (Å²) in [5, 5.41) is 12.4. The zero-order valence-corrected chi connectivity index (χ0v) is 11.8. The van der Waals surface area contributed by atoms with Crippen LogP contribution in [-0.2, 0) is 9.84 Å². The van der Waals surface area contributed by atoms with E-state index in [2.05, 4.69) is 21.2 Å². The molecule has 0 saturated heterocycles. The molecular formula is C10H13BrFNO3S. The average molecular weight is 326 g/mol. The van der Waals surface area contributed by atoms with Crippen LogP contribution in [-0.4, -0.2) is 33.4 Å². The molecule has 0 bridgehead atoms. The molecular weight excluding hydrogens is 313 g/mol. The van der Waals surface area contributed by atoms with Gasteiger partial charge in [-0.2, -0.15) is 0 Å². The molecule has 4 nitrogen and oxygen atoms in total. The summed E-state index contributed by atoms with van der Waals surface area (Å²) < 4.78 is 36.5. The monoisotopic (exact) mass is 325 g/mol. The first-order chi connectivity index (χ1) is 7.77. The summed E-state index contributed by atoms with van der Waals surface area (Å²) in [4.78, 5) is -0.391. The summed E-state index contributed by atoms with van der Waals surface area (Å²) in [6.07, 6.45) is 0.0410. The van der Waals surface area contributed by atoms with Gasteiger partial charge in [0.05, 0.1) is 6.10 Å². The summed E-state index contributed by atoms with van der Waals surface area (Å²) in [6, 6.07) is 2.44. The molecule has 1 aromatic carbocycles. The van der Waals surface area contributed by atoms with E-state index >= 15 is 0 Å². The Hall–Kier alpha value is -0.500. The molecule has 0 fully saturated rings. The van der Waals surface area contributed by atoms with Crippen molar-refractivity contribution in [3.63, 3.8) is 0 Å². The Balaban J connectivity index is 3.28. The molecule has 1 rings (SSSR count). The number of likely N-dealkylation sites (N-methyl/N-ethyl adjacent to an activating group) is 1. The Labute approximate surface area is 108 Å². The number of hydrogen-bond donors (Lipinski definition) is 2. The first-order valence-corrected chi connectivity index (χ1v) is 7.47. The van der Waals surface area contributed by atoms with Gasteiger partial charge in [-0.1, -0.05) is 0 Å². The van der Waals surface area contributed by atoms with E-state index in [-0.39, 0.29) is 11.0 Å². The first-order valence-electron chi connectivity index (χ1n) is 4.79. The van der Waals surface area contributed by atoms with Crippen molar-refractivity contribution in [2.24, 2.45) is 0 Å². The smallest absolute Gasteiger partial charge is 0.179 e. The Bertz CT molecular complexity index is 495. The van der Waals surface area contributed by atoms with E-state index < -0.39 is 26.7 Å². The lowest BCUT2D eigenvalue weighted by molar-refractivity contribution is 0.177. The molecule has 1 aromatic rings. The highest BCUT2D eigenvalue weighted by Gasteiger charge is 2.20. The molecule has 0 aliphatic heterocycles. The van der Waals surface area contributed by atoms with Crippen LogP contribution in [0.2, 0.25) is 0 Å². The van der Waals surface area contributed by atoms with Crippen LogP contribution in [0.25, 0.3) is 0 Å². The number of rotatable bonds is 4. The fourth-order valence-corrected chi connectivity index (χ4v) is 3.60. The fourth-order valence-electron chi connectivity index (χ4n) is 1.44. The molecule has 0 aromatic heterocycles.